The minimum Gasteiger partial charge on any atom is -0.381 e. The van der Waals surface area contributed by atoms with E-state index in [4.69, 9.17) is 9.73 Å². The molecule has 1 aromatic carbocycles. The number of guanidine groups is 1. The van der Waals surface area contributed by atoms with Crippen molar-refractivity contribution in [2.75, 3.05) is 53.5 Å². The van der Waals surface area contributed by atoms with Gasteiger partial charge in [0.25, 0.3) is 0 Å². The summed E-state index contributed by atoms with van der Waals surface area (Å²) in [5.74, 6) is 0.958. The lowest BCUT2D eigenvalue weighted by Gasteiger charge is -2.42. The molecule has 2 aliphatic heterocycles. The molecular weight excluding hydrogens is 374 g/mol. The summed E-state index contributed by atoms with van der Waals surface area (Å²) in [6.07, 6.45) is 4.37. The van der Waals surface area contributed by atoms with Gasteiger partial charge in [0.2, 0.25) is 0 Å². The number of benzene rings is 1. The minimum absolute atomic E-state index is 0.106. The van der Waals surface area contributed by atoms with E-state index in [1.165, 1.54) is 5.56 Å². The maximum Gasteiger partial charge on any atom is 0.191 e. The van der Waals surface area contributed by atoms with Crippen LogP contribution in [0.4, 0.5) is 0 Å². The molecule has 0 radical (unpaired) electrons. The third-order valence-corrected chi connectivity index (χ3v) is 6.95. The first-order chi connectivity index (χ1) is 14.5. The molecule has 2 N–H and O–H groups in total. The maximum absolute atomic E-state index is 5.60. The molecule has 2 saturated heterocycles. The van der Waals surface area contributed by atoms with Crippen LogP contribution >= 0.6 is 0 Å². The first-order valence-corrected chi connectivity index (χ1v) is 11.6. The van der Waals surface area contributed by atoms with Crippen molar-refractivity contribution in [2.45, 2.75) is 57.2 Å². The Morgan fingerprint density at radius 1 is 1.20 bits per heavy atom. The van der Waals surface area contributed by atoms with Gasteiger partial charge in [-0.3, -0.25) is 9.89 Å². The molecule has 0 saturated carbocycles. The molecule has 2 fully saturated rings. The highest BCUT2D eigenvalue weighted by Crippen LogP contribution is 2.27. The summed E-state index contributed by atoms with van der Waals surface area (Å²) in [7, 11) is 4.34. The van der Waals surface area contributed by atoms with Gasteiger partial charge in [0, 0.05) is 50.5 Å². The fourth-order valence-corrected chi connectivity index (χ4v) is 4.61. The Kier molecular flexibility index (Phi) is 8.54. The highest BCUT2D eigenvalue weighted by Gasteiger charge is 2.35. The average Bonchev–Trinajstić information content (AvgIpc) is 2.79. The van der Waals surface area contributed by atoms with Gasteiger partial charge in [0.05, 0.1) is 6.54 Å². The Morgan fingerprint density at radius 2 is 1.87 bits per heavy atom. The monoisotopic (exact) mass is 415 g/mol. The largest absolute Gasteiger partial charge is 0.381 e. The van der Waals surface area contributed by atoms with Crippen LogP contribution in [0, 0.1) is 0 Å². The normalized spacial score (nSPS) is 22.1. The van der Waals surface area contributed by atoms with Crippen molar-refractivity contribution >= 4 is 5.96 Å². The fourth-order valence-electron chi connectivity index (χ4n) is 4.61. The van der Waals surface area contributed by atoms with Gasteiger partial charge in [-0.05, 0) is 59.2 Å². The molecule has 6 nitrogen and oxygen atoms in total. The van der Waals surface area contributed by atoms with E-state index in [-0.39, 0.29) is 5.54 Å². The molecule has 0 spiro atoms. The Bertz CT molecular complexity index is 649. The van der Waals surface area contributed by atoms with Crippen molar-refractivity contribution in [2.24, 2.45) is 4.99 Å². The smallest absolute Gasteiger partial charge is 0.191 e. The van der Waals surface area contributed by atoms with Crippen molar-refractivity contribution in [1.29, 1.82) is 0 Å². The second-order valence-corrected chi connectivity index (χ2v) is 8.97. The number of nitrogens with zero attached hydrogens (tertiary/aromatic N) is 3. The minimum atomic E-state index is 0.106. The van der Waals surface area contributed by atoms with Crippen molar-refractivity contribution in [3.05, 3.63) is 35.9 Å². The predicted molar refractivity (Wildman–Crippen MR) is 125 cm³/mol. The standard InChI is InChI=1S/C24H41N5O/c1-5-25-23(26-19-24(28(3)4)13-17-30-18-14-24)27-22-11-15-29(16-12-22)20(2)21-9-7-6-8-10-21/h6-10,20,22H,5,11-19H2,1-4H3,(H2,25,26,27). The number of ether oxygens (including phenoxy) is 1. The van der Waals surface area contributed by atoms with Crippen LogP contribution in [0.3, 0.4) is 0 Å². The van der Waals surface area contributed by atoms with Gasteiger partial charge in [0.15, 0.2) is 5.96 Å². The molecule has 6 heteroatoms. The summed E-state index contributed by atoms with van der Waals surface area (Å²) >= 11 is 0. The topological polar surface area (TPSA) is 52.1 Å². The highest BCUT2D eigenvalue weighted by molar-refractivity contribution is 5.80. The Labute approximate surface area is 183 Å². The van der Waals surface area contributed by atoms with Gasteiger partial charge in [0.1, 0.15) is 0 Å². The highest BCUT2D eigenvalue weighted by atomic mass is 16.5. The number of likely N-dealkylation sites (N-methyl/N-ethyl adjacent to an activating group) is 1. The number of hydrogen-bond acceptors (Lipinski definition) is 4. The Balaban J connectivity index is 1.55. The lowest BCUT2D eigenvalue weighted by atomic mass is 9.89. The number of hydrogen-bond donors (Lipinski definition) is 2. The van der Waals surface area contributed by atoms with E-state index in [0.29, 0.717) is 12.1 Å². The SMILES string of the molecule is CCNC(=NCC1(N(C)C)CCOCC1)NC1CCN(C(C)c2ccccc2)CC1. The van der Waals surface area contributed by atoms with E-state index in [1.54, 1.807) is 0 Å². The van der Waals surface area contributed by atoms with Crippen LogP contribution < -0.4 is 10.6 Å². The van der Waals surface area contributed by atoms with Crippen molar-refractivity contribution in [3.8, 4) is 0 Å². The van der Waals surface area contributed by atoms with Gasteiger partial charge in [-0.1, -0.05) is 30.3 Å². The lowest BCUT2D eigenvalue weighted by molar-refractivity contribution is -0.00256. The summed E-state index contributed by atoms with van der Waals surface area (Å²) in [6, 6.07) is 11.8. The van der Waals surface area contributed by atoms with E-state index in [0.717, 1.165) is 71.0 Å². The number of aliphatic imine (C=N–C) groups is 1. The van der Waals surface area contributed by atoms with Crippen molar-refractivity contribution in [1.82, 2.24) is 20.4 Å². The average molecular weight is 416 g/mol. The lowest BCUT2D eigenvalue weighted by Crippen LogP contribution is -2.53. The van der Waals surface area contributed by atoms with Crippen molar-refractivity contribution < 1.29 is 4.74 Å². The number of piperidine rings is 1. The van der Waals surface area contributed by atoms with E-state index >= 15 is 0 Å². The molecule has 1 unspecified atom stereocenters. The van der Waals surface area contributed by atoms with Crippen LogP contribution in [0.5, 0.6) is 0 Å². The molecule has 1 aromatic rings. The van der Waals surface area contributed by atoms with Crippen LogP contribution in [0.15, 0.2) is 35.3 Å². The first kappa shape index (κ1) is 23.0. The van der Waals surface area contributed by atoms with Gasteiger partial charge in [-0.25, -0.2) is 0 Å². The van der Waals surface area contributed by atoms with Crippen LogP contribution in [-0.4, -0.2) is 80.8 Å². The molecule has 0 aromatic heterocycles. The van der Waals surface area contributed by atoms with E-state index in [2.05, 4.69) is 78.7 Å². The molecule has 0 amide bonds. The zero-order chi connectivity index (χ0) is 21.4. The summed E-state index contributed by atoms with van der Waals surface area (Å²) < 4.78 is 5.60. The van der Waals surface area contributed by atoms with Crippen LogP contribution in [0.1, 0.15) is 51.1 Å². The van der Waals surface area contributed by atoms with Crippen LogP contribution in [0.25, 0.3) is 0 Å². The summed E-state index contributed by atoms with van der Waals surface area (Å²) in [4.78, 5) is 9.95. The van der Waals surface area contributed by atoms with Gasteiger partial charge in [-0.15, -0.1) is 0 Å². The Morgan fingerprint density at radius 3 is 2.47 bits per heavy atom. The molecule has 0 bridgehead atoms. The van der Waals surface area contributed by atoms with Gasteiger partial charge in [-0.2, -0.15) is 0 Å². The van der Waals surface area contributed by atoms with E-state index in [9.17, 15) is 0 Å². The Hall–Kier alpha value is -1.63. The molecule has 2 aliphatic rings. The zero-order valence-corrected chi connectivity index (χ0v) is 19.4. The molecule has 1 atom stereocenters. The second kappa shape index (κ2) is 11.1. The van der Waals surface area contributed by atoms with Crippen LogP contribution in [0.2, 0.25) is 0 Å². The number of rotatable bonds is 7. The van der Waals surface area contributed by atoms with Crippen LogP contribution in [-0.2, 0) is 4.74 Å². The number of likely N-dealkylation sites (tertiary alicyclic amines) is 1. The molecular formula is C24H41N5O. The summed E-state index contributed by atoms with van der Waals surface area (Å²) in [5.41, 5.74) is 1.51. The molecule has 0 aliphatic carbocycles. The predicted octanol–water partition coefficient (Wildman–Crippen LogP) is 2.88. The third-order valence-electron chi connectivity index (χ3n) is 6.95. The van der Waals surface area contributed by atoms with Gasteiger partial charge < -0.3 is 20.3 Å². The maximum atomic E-state index is 5.60. The zero-order valence-electron chi connectivity index (χ0n) is 19.4. The quantitative estimate of drug-likeness (QED) is 0.530. The molecule has 3 rings (SSSR count). The third kappa shape index (κ3) is 5.96. The molecule has 168 valence electrons. The van der Waals surface area contributed by atoms with E-state index in [1.807, 2.05) is 0 Å². The van der Waals surface area contributed by atoms with Gasteiger partial charge >= 0.3 is 0 Å². The number of nitrogens with one attached hydrogen (secondary N) is 2. The van der Waals surface area contributed by atoms with Crippen molar-refractivity contribution in [3.63, 3.8) is 0 Å². The summed E-state index contributed by atoms with van der Waals surface area (Å²) in [6.45, 7) is 10.0. The molecule has 2 heterocycles. The second-order valence-electron chi connectivity index (χ2n) is 8.97. The fraction of sp³-hybridized carbons (Fsp3) is 0.708. The molecule has 30 heavy (non-hydrogen) atoms. The van der Waals surface area contributed by atoms with E-state index < -0.39 is 0 Å². The summed E-state index contributed by atoms with van der Waals surface area (Å²) in [5, 5.41) is 7.18. The first-order valence-electron chi connectivity index (χ1n) is 11.6.